The molecule has 0 bridgehead atoms. The lowest BCUT2D eigenvalue weighted by Crippen LogP contribution is -2.73. The summed E-state index contributed by atoms with van der Waals surface area (Å²) in [6.07, 6.45) is -0.697. The molecule has 2 N–H and O–H groups in total. The van der Waals surface area contributed by atoms with Crippen LogP contribution in [-0.4, -0.2) is 65.7 Å². The van der Waals surface area contributed by atoms with Crippen LogP contribution in [0.2, 0.25) is 0 Å². The Balaban J connectivity index is 0.00000218. The molecular formula is C22H21ClN3O4+. The Morgan fingerprint density at radius 1 is 1.10 bits per heavy atom. The number of amides is 2. The van der Waals surface area contributed by atoms with Gasteiger partial charge in [-0.25, -0.2) is 4.99 Å². The Hall–Kier alpha value is -3.16. The number of phenols is 1. The predicted octanol–water partition coefficient (Wildman–Crippen LogP) is 0.474. The van der Waals surface area contributed by atoms with Crippen molar-refractivity contribution in [3.8, 4) is 11.5 Å². The van der Waals surface area contributed by atoms with E-state index in [1.807, 2.05) is 43.3 Å². The molecule has 154 valence electrons. The molecule has 7 nitrogen and oxygen atoms in total. The minimum absolute atomic E-state index is 0. The van der Waals surface area contributed by atoms with E-state index in [0.29, 0.717) is 34.7 Å². The fourth-order valence-electron chi connectivity index (χ4n) is 4.06. The number of rotatable bonds is 3. The number of nitrogens with zero attached hydrogens (tertiary/aromatic N) is 2. The number of para-hydroxylation sites is 2. The number of aromatic hydroxyl groups is 1. The van der Waals surface area contributed by atoms with Crippen molar-refractivity contribution < 1.29 is 24.4 Å². The maximum atomic E-state index is 13.3. The van der Waals surface area contributed by atoms with Gasteiger partial charge in [-0.2, -0.15) is 0 Å². The summed E-state index contributed by atoms with van der Waals surface area (Å²) >= 11 is 0. The summed E-state index contributed by atoms with van der Waals surface area (Å²) < 4.78 is 6.20. The van der Waals surface area contributed by atoms with Gasteiger partial charge in [0.25, 0.3) is 11.8 Å². The monoisotopic (exact) mass is 426 g/mol. The fourth-order valence-corrected chi connectivity index (χ4v) is 4.06. The van der Waals surface area contributed by atoms with Crippen LogP contribution in [-0.2, 0) is 9.59 Å². The first-order chi connectivity index (χ1) is 14.0. The van der Waals surface area contributed by atoms with Gasteiger partial charge in [0.15, 0.2) is 5.75 Å². The summed E-state index contributed by atoms with van der Waals surface area (Å²) in [4.78, 5) is 33.1. The van der Waals surface area contributed by atoms with E-state index in [1.165, 1.54) is 11.0 Å². The zero-order chi connectivity index (χ0) is 20.3. The second-order valence-electron chi connectivity index (χ2n) is 7.62. The average Bonchev–Trinajstić information content (AvgIpc) is 2.95. The molecule has 3 aliphatic rings. The molecule has 0 aromatic heterocycles. The molecule has 5 rings (SSSR count). The maximum Gasteiger partial charge on any atom is 0.262 e. The number of nitrogens with one attached hydrogen (secondary N) is 1. The molecule has 0 saturated heterocycles. The van der Waals surface area contributed by atoms with E-state index >= 15 is 0 Å². The van der Waals surface area contributed by atoms with Gasteiger partial charge >= 0.3 is 0 Å². The van der Waals surface area contributed by atoms with Crippen molar-refractivity contribution in [3.63, 3.8) is 0 Å². The van der Waals surface area contributed by atoms with Crippen LogP contribution in [0.25, 0.3) is 5.57 Å². The second kappa shape index (κ2) is 7.27. The summed E-state index contributed by atoms with van der Waals surface area (Å²) in [5, 5.41) is 10.1. The van der Waals surface area contributed by atoms with Crippen molar-refractivity contribution in [2.45, 2.75) is 6.10 Å². The van der Waals surface area contributed by atoms with Crippen LogP contribution in [0.4, 0.5) is 5.69 Å². The number of hydrogen-bond donors (Lipinski definition) is 2. The molecular weight excluding hydrogens is 406 g/mol. The third-order valence-electron chi connectivity index (χ3n) is 5.46. The zero-order valence-electron chi connectivity index (χ0n) is 16.5. The first-order valence-corrected chi connectivity index (χ1v) is 9.44. The van der Waals surface area contributed by atoms with Crippen LogP contribution in [0.5, 0.6) is 11.5 Å². The Morgan fingerprint density at radius 2 is 1.87 bits per heavy atom. The summed E-state index contributed by atoms with van der Waals surface area (Å²) in [5.41, 5.74) is 3.43. The number of imide groups is 1. The van der Waals surface area contributed by atoms with Crippen molar-refractivity contribution >= 4 is 41.2 Å². The van der Waals surface area contributed by atoms with Crippen molar-refractivity contribution in [1.29, 1.82) is 0 Å². The molecule has 0 saturated carbocycles. The Bertz CT molecular complexity index is 1140. The summed E-state index contributed by atoms with van der Waals surface area (Å²) in [5.74, 6) is -0.0224. The molecule has 2 aromatic rings. The van der Waals surface area contributed by atoms with E-state index in [9.17, 15) is 14.7 Å². The highest BCUT2D eigenvalue weighted by atomic mass is 35.5. The molecule has 1 atom stereocenters. The highest BCUT2D eigenvalue weighted by molar-refractivity contribution is 6.40. The van der Waals surface area contributed by atoms with Gasteiger partial charge < -0.3 is 14.7 Å². The SMILES string of the molecule is CN(C)CCN1C(=O)C2=C(C1=O)C1Oc3ccccc3[NH+]=C1c1ccc(O)cc12.Cl. The first-order valence-electron chi connectivity index (χ1n) is 9.44. The lowest BCUT2D eigenvalue weighted by atomic mass is 9.82. The molecule has 0 radical (unpaired) electrons. The molecule has 1 unspecified atom stereocenters. The number of carbonyl (C=O) groups is 2. The topological polar surface area (TPSA) is 84.1 Å². The Kier molecular flexibility index (Phi) is 4.88. The van der Waals surface area contributed by atoms with Crippen molar-refractivity contribution in [2.24, 2.45) is 0 Å². The highest BCUT2D eigenvalue weighted by Gasteiger charge is 2.52. The number of hydrogen-bond acceptors (Lipinski definition) is 5. The van der Waals surface area contributed by atoms with E-state index in [0.717, 1.165) is 11.3 Å². The van der Waals surface area contributed by atoms with Gasteiger partial charge in [0, 0.05) is 24.7 Å². The summed E-state index contributed by atoms with van der Waals surface area (Å²) in [6.45, 7) is 0.853. The molecule has 0 spiro atoms. The maximum absolute atomic E-state index is 13.3. The van der Waals surface area contributed by atoms with Crippen LogP contribution in [0, 0.1) is 0 Å². The van der Waals surface area contributed by atoms with Gasteiger partial charge in [0.2, 0.25) is 17.5 Å². The summed E-state index contributed by atoms with van der Waals surface area (Å²) in [7, 11) is 3.78. The van der Waals surface area contributed by atoms with E-state index in [-0.39, 0.29) is 36.5 Å². The highest BCUT2D eigenvalue weighted by Crippen LogP contribution is 2.41. The normalized spacial score (nSPS) is 18.8. The third-order valence-corrected chi connectivity index (χ3v) is 5.46. The number of carbonyl (C=O) groups excluding carboxylic acids is 2. The zero-order valence-corrected chi connectivity index (χ0v) is 17.3. The van der Waals surface area contributed by atoms with Crippen LogP contribution >= 0.6 is 12.4 Å². The van der Waals surface area contributed by atoms with Crippen LogP contribution < -0.4 is 9.73 Å². The number of fused-ring (bicyclic) bond motifs is 6. The lowest BCUT2D eigenvalue weighted by molar-refractivity contribution is -0.363. The quantitative estimate of drug-likeness (QED) is 0.697. The van der Waals surface area contributed by atoms with E-state index in [1.54, 1.807) is 12.1 Å². The fraction of sp³-hybridized carbons (Fsp3) is 0.227. The molecule has 2 heterocycles. The van der Waals surface area contributed by atoms with Gasteiger partial charge in [0.1, 0.15) is 5.75 Å². The molecule has 2 aliphatic heterocycles. The number of ether oxygens (including phenoxy) is 1. The molecule has 30 heavy (non-hydrogen) atoms. The van der Waals surface area contributed by atoms with Gasteiger partial charge in [-0.3, -0.25) is 14.5 Å². The van der Waals surface area contributed by atoms with Crippen LogP contribution in [0.1, 0.15) is 11.1 Å². The van der Waals surface area contributed by atoms with Crippen molar-refractivity contribution in [3.05, 3.63) is 59.2 Å². The second-order valence-corrected chi connectivity index (χ2v) is 7.62. The van der Waals surface area contributed by atoms with Gasteiger partial charge in [0.05, 0.1) is 16.7 Å². The third kappa shape index (κ3) is 2.89. The number of benzene rings is 2. The van der Waals surface area contributed by atoms with E-state index in [2.05, 4.69) is 4.99 Å². The minimum Gasteiger partial charge on any atom is -0.508 e. The Labute approximate surface area is 179 Å². The van der Waals surface area contributed by atoms with Gasteiger partial charge in [-0.05, 0) is 38.4 Å². The molecule has 1 aliphatic carbocycles. The Morgan fingerprint density at radius 3 is 2.63 bits per heavy atom. The average molecular weight is 427 g/mol. The predicted molar refractivity (Wildman–Crippen MR) is 113 cm³/mol. The van der Waals surface area contributed by atoms with Crippen LogP contribution in [0.3, 0.4) is 0 Å². The smallest absolute Gasteiger partial charge is 0.262 e. The molecule has 0 fully saturated rings. The first kappa shape index (κ1) is 20.1. The summed E-state index contributed by atoms with van der Waals surface area (Å²) in [6, 6.07) is 12.3. The van der Waals surface area contributed by atoms with Crippen molar-refractivity contribution in [1.82, 2.24) is 9.80 Å². The van der Waals surface area contributed by atoms with Crippen molar-refractivity contribution in [2.75, 3.05) is 27.2 Å². The number of halogens is 1. The van der Waals surface area contributed by atoms with Crippen LogP contribution in [0.15, 0.2) is 48.0 Å². The standard InChI is InChI=1S/C22H19N3O4.ClH/c1-24(2)9-10-25-21(27)17-14-11-12(26)7-8-13(14)19-20(18(17)22(25)28)29-16-6-4-3-5-15(16)23-19;/h3-8,11,20,26H,9-10H2,1-2H3;1H/p+1. The lowest BCUT2D eigenvalue weighted by Gasteiger charge is -2.27. The molecule has 8 heteroatoms. The molecule has 2 amide bonds. The van der Waals surface area contributed by atoms with E-state index in [4.69, 9.17) is 4.74 Å². The van der Waals surface area contributed by atoms with E-state index < -0.39 is 6.10 Å². The van der Waals surface area contributed by atoms with Gasteiger partial charge in [-0.15, -0.1) is 12.4 Å². The largest absolute Gasteiger partial charge is 0.508 e. The number of phenolic OH excluding ortho intramolecular Hbond substituents is 1. The molecule has 2 aromatic carbocycles. The minimum atomic E-state index is -0.697. The number of likely N-dealkylation sites (N-methyl/N-ethyl adjacent to an activating group) is 1. The van der Waals surface area contributed by atoms with Gasteiger partial charge in [-0.1, -0.05) is 12.1 Å².